The zero-order chi connectivity index (χ0) is 14.7. The predicted octanol–water partition coefficient (Wildman–Crippen LogP) is 2.85. The van der Waals surface area contributed by atoms with Gasteiger partial charge in [0.2, 0.25) is 0 Å². The van der Waals surface area contributed by atoms with Crippen LogP contribution >= 0.6 is 0 Å². The van der Waals surface area contributed by atoms with Crippen molar-refractivity contribution in [3.8, 4) is 0 Å². The molecule has 5 N–H and O–H groups in total. The Bertz CT molecular complexity index is 620. The van der Waals surface area contributed by atoms with Gasteiger partial charge in [0, 0.05) is 17.4 Å². The molecule has 1 atom stereocenters. The molecular weight excluding hydrogens is 250 g/mol. The number of anilines is 2. The SMILES string of the molecule is Cc1ccc(C(C)Nc2cc(N)ccc2C(N)=O)cc1. The summed E-state index contributed by atoms with van der Waals surface area (Å²) in [6.45, 7) is 4.07. The first-order valence-corrected chi connectivity index (χ1v) is 6.50. The number of carbonyl (C=O) groups excluding carboxylic acids is 1. The Morgan fingerprint density at radius 2 is 1.80 bits per heavy atom. The summed E-state index contributed by atoms with van der Waals surface area (Å²) in [5.74, 6) is -0.469. The summed E-state index contributed by atoms with van der Waals surface area (Å²) in [6.07, 6.45) is 0. The molecule has 0 aliphatic rings. The van der Waals surface area contributed by atoms with Crippen molar-refractivity contribution in [2.45, 2.75) is 19.9 Å². The normalized spacial score (nSPS) is 11.9. The van der Waals surface area contributed by atoms with Crippen LogP contribution < -0.4 is 16.8 Å². The number of benzene rings is 2. The fraction of sp³-hybridized carbons (Fsp3) is 0.188. The maximum Gasteiger partial charge on any atom is 0.250 e. The number of amides is 1. The van der Waals surface area contributed by atoms with Crippen molar-refractivity contribution in [2.75, 3.05) is 11.1 Å². The number of hydrogen-bond donors (Lipinski definition) is 3. The van der Waals surface area contributed by atoms with Crippen molar-refractivity contribution >= 4 is 17.3 Å². The van der Waals surface area contributed by atoms with Gasteiger partial charge in [0.15, 0.2) is 0 Å². The zero-order valence-electron chi connectivity index (χ0n) is 11.7. The molecule has 0 fully saturated rings. The van der Waals surface area contributed by atoms with Gasteiger partial charge < -0.3 is 16.8 Å². The third-order valence-electron chi connectivity index (χ3n) is 3.26. The van der Waals surface area contributed by atoms with Crippen LogP contribution in [0.25, 0.3) is 0 Å². The van der Waals surface area contributed by atoms with E-state index in [-0.39, 0.29) is 6.04 Å². The average molecular weight is 269 g/mol. The van der Waals surface area contributed by atoms with Gasteiger partial charge >= 0.3 is 0 Å². The first kappa shape index (κ1) is 13.9. The molecule has 0 aromatic heterocycles. The molecule has 104 valence electrons. The molecule has 1 unspecified atom stereocenters. The number of hydrogen-bond acceptors (Lipinski definition) is 3. The minimum absolute atomic E-state index is 0.0514. The van der Waals surface area contributed by atoms with E-state index < -0.39 is 5.91 Å². The van der Waals surface area contributed by atoms with Gasteiger partial charge in [-0.25, -0.2) is 0 Å². The van der Waals surface area contributed by atoms with E-state index in [1.54, 1.807) is 18.2 Å². The number of primary amides is 1. The highest BCUT2D eigenvalue weighted by molar-refractivity contribution is 5.99. The molecule has 2 rings (SSSR count). The molecule has 0 aliphatic heterocycles. The molecule has 4 nitrogen and oxygen atoms in total. The molecule has 1 amide bonds. The lowest BCUT2D eigenvalue weighted by Crippen LogP contribution is -2.16. The lowest BCUT2D eigenvalue weighted by molar-refractivity contribution is 0.100. The minimum atomic E-state index is -0.469. The van der Waals surface area contributed by atoms with E-state index in [9.17, 15) is 4.79 Å². The molecule has 0 saturated heterocycles. The Morgan fingerprint density at radius 1 is 1.15 bits per heavy atom. The summed E-state index contributed by atoms with van der Waals surface area (Å²) >= 11 is 0. The van der Waals surface area contributed by atoms with Crippen molar-refractivity contribution in [3.05, 3.63) is 59.2 Å². The van der Waals surface area contributed by atoms with Crippen LogP contribution in [0.2, 0.25) is 0 Å². The first-order valence-electron chi connectivity index (χ1n) is 6.50. The van der Waals surface area contributed by atoms with Gasteiger partial charge in [-0.05, 0) is 37.6 Å². The second-order valence-electron chi connectivity index (χ2n) is 4.95. The summed E-state index contributed by atoms with van der Waals surface area (Å²) in [4.78, 5) is 11.4. The quantitative estimate of drug-likeness (QED) is 0.746. The summed E-state index contributed by atoms with van der Waals surface area (Å²) in [7, 11) is 0. The predicted molar refractivity (Wildman–Crippen MR) is 82.6 cm³/mol. The average Bonchev–Trinajstić information content (AvgIpc) is 2.39. The lowest BCUT2D eigenvalue weighted by Gasteiger charge is -2.18. The van der Waals surface area contributed by atoms with Crippen molar-refractivity contribution in [3.63, 3.8) is 0 Å². The van der Waals surface area contributed by atoms with Crippen LogP contribution in [0.4, 0.5) is 11.4 Å². The standard InChI is InChI=1S/C16H19N3O/c1-10-3-5-12(6-4-10)11(2)19-15-9-13(17)7-8-14(15)16(18)20/h3-9,11,19H,17H2,1-2H3,(H2,18,20). The fourth-order valence-corrected chi connectivity index (χ4v) is 2.07. The van der Waals surface area contributed by atoms with Crippen LogP contribution in [0.15, 0.2) is 42.5 Å². The lowest BCUT2D eigenvalue weighted by atomic mass is 10.0. The van der Waals surface area contributed by atoms with Gasteiger partial charge in [0.05, 0.1) is 5.56 Å². The Hall–Kier alpha value is -2.49. The van der Waals surface area contributed by atoms with Crippen LogP contribution in [0.1, 0.15) is 34.5 Å². The summed E-state index contributed by atoms with van der Waals surface area (Å²) in [6, 6.07) is 13.3. The monoisotopic (exact) mass is 269 g/mol. The molecule has 4 heteroatoms. The summed E-state index contributed by atoms with van der Waals surface area (Å²) < 4.78 is 0. The van der Waals surface area contributed by atoms with Crippen molar-refractivity contribution in [1.82, 2.24) is 0 Å². The first-order chi connectivity index (χ1) is 9.47. The molecule has 0 spiro atoms. The topological polar surface area (TPSA) is 81.1 Å². The molecule has 0 saturated carbocycles. The van der Waals surface area contributed by atoms with Crippen molar-refractivity contribution < 1.29 is 4.79 Å². The van der Waals surface area contributed by atoms with E-state index in [2.05, 4.69) is 29.6 Å². The van der Waals surface area contributed by atoms with Gasteiger partial charge in [-0.15, -0.1) is 0 Å². The zero-order valence-corrected chi connectivity index (χ0v) is 11.7. The molecule has 0 aliphatic carbocycles. The maximum atomic E-state index is 11.4. The third kappa shape index (κ3) is 3.09. The van der Waals surface area contributed by atoms with E-state index in [1.165, 1.54) is 5.56 Å². The number of nitrogen functional groups attached to an aromatic ring is 1. The van der Waals surface area contributed by atoms with Gasteiger partial charge in [-0.1, -0.05) is 29.8 Å². The number of nitrogens with one attached hydrogen (secondary N) is 1. The van der Waals surface area contributed by atoms with Gasteiger partial charge in [0.25, 0.3) is 5.91 Å². The molecule has 0 radical (unpaired) electrons. The smallest absolute Gasteiger partial charge is 0.250 e. The van der Waals surface area contributed by atoms with Crippen LogP contribution in [-0.2, 0) is 0 Å². The van der Waals surface area contributed by atoms with E-state index in [0.717, 1.165) is 5.56 Å². The minimum Gasteiger partial charge on any atom is -0.399 e. The molecule has 0 heterocycles. The van der Waals surface area contributed by atoms with Gasteiger partial charge in [-0.2, -0.15) is 0 Å². The highest BCUT2D eigenvalue weighted by Gasteiger charge is 2.12. The number of nitrogens with two attached hydrogens (primary N) is 2. The third-order valence-corrected chi connectivity index (χ3v) is 3.26. The van der Waals surface area contributed by atoms with Crippen LogP contribution in [0.5, 0.6) is 0 Å². The number of aryl methyl sites for hydroxylation is 1. The highest BCUT2D eigenvalue weighted by atomic mass is 16.1. The van der Waals surface area contributed by atoms with E-state index >= 15 is 0 Å². The molecule has 20 heavy (non-hydrogen) atoms. The van der Waals surface area contributed by atoms with Gasteiger partial charge in [-0.3, -0.25) is 4.79 Å². The number of rotatable bonds is 4. The fourth-order valence-electron chi connectivity index (χ4n) is 2.07. The number of carbonyl (C=O) groups is 1. The van der Waals surface area contributed by atoms with E-state index in [0.29, 0.717) is 16.9 Å². The van der Waals surface area contributed by atoms with Crippen LogP contribution in [-0.4, -0.2) is 5.91 Å². The molecule has 2 aromatic carbocycles. The Morgan fingerprint density at radius 3 is 2.40 bits per heavy atom. The van der Waals surface area contributed by atoms with E-state index in [4.69, 9.17) is 11.5 Å². The summed E-state index contributed by atoms with van der Waals surface area (Å²) in [5.41, 5.74) is 15.2. The highest BCUT2D eigenvalue weighted by Crippen LogP contribution is 2.24. The molecular formula is C16H19N3O. The largest absolute Gasteiger partial charge is 0.399 e. The van der Waals surface area contributed by atoms with Crippen LogP contribution in [0.3, 0.4) is 0 Å². The Labute approximate surface area is 118 Å². The van der Waals surface area contributed by atoms with Gasteiger partial charge in [0.1, 0.15) is 0 Å². The second-order valence-corrected chi connectivity index (χ2v) is 4.95. The Kier molecular flexibility index (Phi) is 3.94. The van der Waals surface area contributed by atoms with E-state index in [1.807, 2.05) is 13.8 Å². The van der Waals surface area contributed by atoms with Crippen molar-refractivity contribution in [2.24, 2.45) is 5.73 Å². The van der Waals surface area contributed by atoms with Crippen molar-refractivity contribution in [1.29, 1.82) is 0 Å². The summed E-state index contributed by atoms with van der Waals surface area (Å²) in [5, 5.41) is 3.29. The Balaban J connectivity index is 2.27. The van der Waals surface area contributed by atoms with Crippen LogP contribution in [0, 0.1) is 6.92 Å². The molecule has 2 aromatic rings. The molecule has 0 bridgehead atoms. The second kappa shape index (κ2) is 5.65. The maximum absolute atomic E-state index is 11.4.